The summed E-state index contributed by atoms with van der Waals surface area (Å²) in [5, 5.41) is 0. The van der Waals surface area contributed by atoms with Crippen LogP contribution in [0.3, 0.4) is 0 Å². The molecular formula is C28H29BrN2O5S. The van der Waals surface area contributed by atoms with Crippen molar-refractivity contribution in [2.24, 2.45) is 4.99 Å². The van der Waals surface area contributed by atoms with E-state index in [0.29, 0.717) is 44.3 Å². The largest absolute Gasteiger partial charge is 0.493 e. The zero-order chi connectivity index (χ0) is 26.7. The summed E-state index contributed by atoms with van der Waals surface area (Å²) in [6, 6.07) is 12.4. The predicted octanol–water partition coefficient (Wildman–Crippen LogP) is 4.75. The first-order valence-electron chi connectivity index (χ1n) is 12.1. The molecule has 1 unspecified atom stereocenters. The Bertz CT molecular complexity index is 1540. The number of rotatable bonds is 8. The fourth-order valence-corrected chi connectivity index (χ4v) is 5.63. The van der Waals surface area contributed by atoms with Gasteiger partial charge in [-0.25, -0.2) is 9.79 Å². The molecule has 1 aliphatic heterocycles. The predicted molar refractivity (Wildman–Crippen MR) is 148 cm³/mol. The van der Waals surface area contributed by atoms with Crippen LogP contribution < -0.4 is 24.4 Å². The third kappa shape index (κ3) is 5.57. The van der Waals surface area contributed by atoms with Gasteiger partial charge in [0.25, 0.3) is 5.56 Å². The molecule has 1 atom stereocenters. The van der Waals surface area contributed by atoms with Gasteiger partial charge in [-0.3, -0.25) is 9.36 Å². The molecule has 2 aromatic carbocycles. The number of nitrogens with zero attached hydrogens (tertiary/aromatic N) is 2. The molecule has 0 N–H and O–H groups in total. The molecule has 0 saturated heterocycles. The molecule has 0 spiro atoms. The minimum Gasteiger partial charge on any atom is -0.493 e. The summed E-state index contributed by atoms with van der Waals surface area (Å²) in [6.07, 6.45) is 1.71. The van der Waals surface area contributed by atoms with Crippen LogP contribution in [-0.4, -0.2) is 29.9 Å². The second kappa shape index (κ2) is 11.5. The molecule has 3 aromatic rings. The summed E-state index contributed by atoms with van der Waals surface area (Å²) in [5.74, 6) is 0.763. The van der Waals surface area contributed by atoms with E-state index in [1.54, 1.807) is 24.5 Å². The number of hydrogen-bond donors (Lipinski definition) is 0. The van der Waals surface area contributed by atoms with Crippen molar-refractivity contribution in [2.75, 3.05) is 13.2 Å². The highest BCUT2D eigenvalue weighted by Gasteiger charge is 2.35. The van der Waals surface area contributed by atoms with E-state index in [1.165, 1.54) is 11.3 Å². The topological polar surface area (TPSA) is 79.1 Å². The van der Waals surface area contributed by atoms with Crippen LogP contribution in [0.5, 0.6) is 11.5 Å². The van der Waals surface area contributed by atoms with Crippen LogP contribution >= 0.6 is 27.3 Å². The van der Waals surface area contributed by atoms with Crippen LogP contribution in [0.4, 0.5) is 0 Å². The number of allylic oxidation sites excluding steroid dienone is 1. The van der Waals surface area contributed by atoms with E-state index in [9.17, 15) is 9.59 Å². The summed E-state index contributed by atoms with van der Waals surface area (Å²) in [5.41, 5.74) is 2.03. The van der Waals surface area contributed by atoms with Crippen molar-refractivity contribution in [3.05, 3.63) is 89.0 Å². The minimum atomic E-state index is -0.749. The fourth-order valence-electron chi connectivity index (χ4n) is 4.21. The van der Waals surface area contributed by atoms with Crippen LogP contribution in [0, 0.1) is 0 Å². The molecule has 0 amide bonds. The molecule has 4 rings (SSSR count). The summed E-state index contributed by atoms with van der Waals surface area (Å²) < 4.78 is 20.2. The third-order valence-corrected chi connectivity index (χ3v) is 7.13. The molecule has 37 heavy (non-hydrogen) atoms. The highest BCUT2D eigenvalue weighted by molar-refractivity contribution is 9.10. The summed E-state index contributed by atoms with van der Waals surface area (Å²) in [6.45, 7) is 10.0. The van der Waals surface area contributed by atoms with Crippen LogP contribution in [0.15, 0.2) is 68.0 Å². The van der Waals surface area contributed by atoms with Gasteiger partial charge in [-0.1, -0.05) is 45.5 Å². The first-order valence-corrected chi connectivity index (χ1v) is 13.7. The van der Waals surface area contributed by atoms with Gasteiger partial charge in [-0.2, -0.15) is 0 Å². The molecule has 9 heteroatoms. The van der Waals surface area contributed by atoms with Gasteiger partial charge < -0.3 is 14.2 Å². The van der Waals surface area contributed by atoms with Crippen LogP contribution in [0.1, 0.15) is 51.8 Å². The second-order valence-electron chi connectivity index (χ2n) is 8.62. The van der Waals surface area contributed by atoms with E-state index in [2.05, 4.69) is 20.9 Å². The van der Waals surface area contributed by atoms with E-state index >= 15 is 0 Å². The smallest absolute Gasteiger partial charge is 0.338 e. The fraction of sp³-hybridized carbons (Fsp3) is 0.321. The second-order valence-corrected chi connectivity index (χ2v) is 10.5. The van der Waals surface area contributed by atoms with Crippen molar-refractivity contribution in [1.29, 1.82) is 0 Å². The number of carbonyl (C=O) groups is 1. The number of thiazole rings is 1. The average molecular weight is 586 g/mol. The molecule has 194 valence electrons. The van der Waals surface area contributed by atoms with Crippen molar-refractivity contribution < 1.29 is 19.0 Å². The lowest BCUT2D eigenvalue weighted by atomic mass is 9.95. The number of benzene rings is 2. The van der Waals surface area contributed by atoms with Gasteiger partial charge in [-0.05, 0) is 65.0 Å². The van der Waals surface area contributed by atoms with Gasteiger partial charge >= 0.3 is 5.97 Å². The molecule has 0 bridgehead atoms. The van der Waals surface area contributed by atoms with Crippen LogP contribution in [0.25, 0.3) is 6.08 Å². The van der Waals surface area contributed by atoms with Gasteiger partial charge in [0.1, 0.15) is 17.5 Å². The molecule has 7 nitrogen and oxygen atoms in total. The van der Waals surface area contributed by atoms with E-state index in [1.807, 2.05) is 63.2 Å². The molecule has 1 aliphatic rings. The van der Waals surface area contributed by atoms with E-state index in [0.717, 1.165) is 10.0 Å². The van der Waals surface area contributed by atoms with E-state index in [-0.39, 0.29) is 18.3 Å². The monoisotopic (exact) mass is 584 g/mol. The van der Waals surface area contributed by atoms with E-state index in [4.69, 9.17) is 14.2 Å². The molecule has 0 fully saturated rings. The number of esters is 1. The maximum absolute atomic E-state index is 13.9. The van der Waals surface area contributed by atoms with Crippen molar-refractivity contribution in [3.8, 4) is 11.5 Å². The molecule has 0 radical (unpaired) electrons. The van der Waals surface area contributed by atoms with Gasteiger partial charge in [0.05, 0.1) is 35.1 Å². The van der Waals surface area contributed by atoms with Gasteiger partial charge in [0, 0.05) is 15.6 Å². The SMILES string of the molecule is CCOC(=O)C1=C(C)N=c2sc(=Cc3cc(Br)ccc3OCC)c(=O)n2C1c1ccccc1OC(C)C. The average Bonchev–Trinajstić information content (AvgIpc) is 3.14. The molecule has 2 heterocycles. The normalized spacial score (nSPS) is 15.4. The Kier molecular flexibility index (Phi) is 8.34. The minimum absolute atomic E-state index is 0.0957. The molecular weight excluding hydrogens is 556 g/mol. The Morgan fingerprint density at radius 3 is 2.62 bits per heavy atom. The van der Waals surface area contributed by atoms with Gasteiger partial charge in [0.15, 0.2) is 4.80 Å². The number of fused-ring (bicyclic) bond motifs is 1. The van der Waals surface area contributed by atoms with Gasteiger partial charge in [0.2, 0.25) is 0 Å². The summed E-state index contributed by atoms with van der Waals surface area (Å²) in [4.78, 5) is 32.3. The maximum atomic E-state index is 13.9. The number of ether oxygens (including phenoxy) is 3. The lowest BCUT2D eigenvalue weighted by molar-refractivity contribution is -0.139. The molecule has 1 aromatic heterocycles. The number of aromatic nitrogens is 1. The maximum Gasteiger partial charge on any atom is 0.338 e. The zero-order valence-corrected chi connectivity index (χ0v) is 23.8. The van der Waals surface area contributed by atoms with Crippen molar-refractivity contribution >= 4 is 39.3 Å². The Hall–Kier alpha value is -3.17. The number of para-hydroxylation sites is 1. The number of carbonyl (C=O) groups excluding carboxylic acids is 1. The lowest BCUT2D eigenvalue weighted by Gasteiger charge is -2.26. The van der Waals surface area contributed by atoms with Crippen LogP contribution in [-0.2, 0) is 9.53 Å². The summed E-state index contributed by atoms with van der Waals surface area (Å²) >= 11 is 4.77. The Morgan fingerprint density at radius 2 is 1.92 bits per heavy atom. The highest BCUT2D eigenvalue weighted by Crippen LogP contribution is 2.36. The quantitative estimate of drug-likeness (QED) is 0.357. The summed E-state index contributed by atoms with van der Waals surface area (Å²) in [7, 11) is 0. The molecule has 0 aliphatic carbocycles. The van der Waals surface area contributed by atoms with Crippen molar-refractivity contribution in [1.82, 2.24) is 4.57 Å². The number of hydrogen-bond acceptors (Lipinski definition) is 7. The third-order valence-electron chi connectivity index (χ3n) is 5.65. The highest BCUT2D eigenvalue weighted by atomic mass is 79.9. The Balaban J connectivity index is 1.99. The van der Waals surface area contributed by atoms with Crippen LogP contribution in [0.2, 0.25) is 0 Å². The van der Waals surface area contributed by atoms with Crippen molar-refractivity contribution in [2.45, 2.75) is 46.8 Å². The Labute approximate surface area is 227 Å². The first-order chi connectivity index (χ1) is 17.7. The Morgan fingerprint density at radius 1 is 1.16 bits per heavy atom. The standard InChI is InChI=1S/C28H29BrN2O5S/c1-6-34-21-13-12-19(29)14-18(21)15-23-26(32)31-25(20-10-8-9-11-22(20)36-16(3)4)24(27(33)35-7-2)17(5)30-28(31)37-23/h8-16,25H,6-7H2,1-5H3. The zero-order valence-electron chi connectivity index (χ0n) is 21.4. The van der Waals surface area contributed by atoms with E-state index < -0.39 is 12.0 Å². The molecule has 0 saturated carbocycles. The first kappa shape index (κ1) is 26.9. The number of halogens is 1. The van der Waals surface area contributed by atoms with Crippen molar-refractivity contribution in [3.63, 3.8) is 0 Å². The lowest BCUT2D eigenvalue weighted by Crippen LogP contribution is -2.40. The van der Waals surface area contributed by atoms with Gasteiger partial charge in [-0.15, -0.1) is 0 Å².